The normalized spacial score (nSPS) is 27.3. The Labute approximate surface area is 123 Å². The third-order valence-electron chi connectivity index (χ3n) is 4.02. The smallest absolute Gasteiger partial charge is 0.130 e. The van der Waals surface area contributed by atoms with Crippen molar-refractivity contribution in [2.45, 2.75) is 51.6 Å². The molecular weight excluding hydrogens is 306 g/mol. The summed E-state index contributed by atoms with van der Waals surface area (Å²) < 4.78 is 0.768. The molecule has 0 atom stereocenters. The van der Waals surface area contributed by atoms with Crippen LogP contribution < -0.4 is 5.32 Å². The zero-order valence-electron chi connectivity index (χ0n) is 11.6. The van der Waals surface area contributed by atoms with Gasteiger partial charge in [-0.15, -0.1) is 0 Å². The van der Waals surface area contributed by atoms with Gasteiger partial charge in [0.25, 0.3) is 0 Å². The number of anilines is 1. The molecular formula is C14H22BrN3O. The fourth-order valence-corrected chi connectivity index (χ4v) is 3.15. The number of nitrogens with one attached hydrogen (secondary N) is 1. The van der Waals surface area contributed by atoms with Gasteiger partial charge in [-0.1, -0.05) is 13.3 Å². The van der Waals surface area contributed by atoms with Gasteiger partial charge in [0, 0.05) is 12.6 Å². The SMILES string of the molecule is CCC1CCC(O)(CNc2cc(Br)nc(C)n2)CC1. The first-order valence-electron chi connectivity index (χ1n) is 6.98. The molecule has 1 saturated carbocycles. The van der Waals surface area contributed by atoms with E-state index < -0.39 is 5.60 Å². The molecule has 1 fully saturated rings. The lowest BCUT2D eigenvalue weighted by Gasteiger charge is -2.36. The van der Waals surface area contributed by atoms with Crippen molar-refractivity contribution in [1.82, 2.24) is 9.97 Å². The fraction of sp³-hybridized carbons (Fsp3) is 0.714. The summed E-state index contributed by atoms with van der Waals surface area (Å²) in [6.45, 7) is 4.65. The van der Waals surface area contributed by atoms with E-state index in [2.05, 4.69) is 38.1 Å². The highest BCUT2D eigenvalue weighted by molar-refractivity contribution is 9.10. The van der Waals surface area contributed by atoms with Crippen molar-refractivity contribution in [3.63, 3.8) is 0 Å². The first-order chi connectivity index (χ1) is 9.00. The Kier molecular flexibility index (Phi) is 4.79. The molecule has 0 unspecified atom stereocenters. The van der Waals surface area contributed by atoms with E-state index in [1.807, 2.05) is 13.0 Å². The standard InChI is InChI=1S/C14H22BrN3O/c1-3-11-4-6-14(19,7-5-11)9-16-13-8-12(15)17-10(2)18-13/h8,11,19H,3-7,9H2,1-2H3,(H,16,17,18). The molecule has 0 saturated heterocycles. The third kappa shape index (κ3) is 4.14. The maximum absolute atomic E-state index is 10.6. The van der Waals surface area contributed by atoms with E-state index in [-0.39, 0.29) is 0 Å². The molecule has 1 aromatic rings. The minimum absolute atomic E-state index is 0.562. The summed E-state index contributed by atoms with van der Waals surface area (Å²) in [5.74, 6) is 2.28. The molecule has 1 heterocycles. The highest BCUT2D eigenvalue weighted by Gasteiger charge is 2.32. The number of hydrogen-bond donors (Lipinski definition) is 2. The molecule has 0 amide bonds. The van der Waals surface area contributed by atoms with E-state index in [4.69, 9.17) is 0 Å². The molecule has 0 aromatic carbocycles. The summed E-state index contributed by atoms with van der Waals surface area (Å²) >= 11 is 3.36. The second-order valence-electron chi connectivity index (χ2n) is 5.55. The van der Waals surface area contributed by atoms with Crippen LogP contribution in [0.25, 0.3) is 0 Å². The highest BCUT2D eigenvalue weighted by atomic mass is 79.9. The minimum Gasteiger partial charge on any atom is -0.388 e. The Morgan fingerprint density at radius 3 is 2.68 bits per heavy atom. The van der Waals surface area contributed by atoms with E-state index in [0.29, 0.717) is 6.54 Å². The second-order valence-corrected chi connectivity index (χ2v) is 6.37. The maximum Gasteiger partial charge on any atom is 0.130 e. The number of aliphatic hydroxyl groups is 1. The van der Waals surface area contributed by atoms with Crippen LogP contribution >= 0.6 is 15.9 Å². The van der Waals surface area contributed by atoms with Crippen molar-refractivity contribution >= 4 is 21.7 Å². The Morgan fingerprint density at radius 2 is 2.11 bits per heavy atom. The molecule has 0 radical (unpaired) electrons. The molecule has 2 N–H and O–H groups in total. The first kappa shape index (κ1) is 14.7. The molecule has 106 valence electrons. The number of rotatable bonds is 4. The lowest BCUT2D eigenvalue weighted by molar-refractivity contribution is 0.00222. The molecule has 5 heteroatoms. The van der Waals surface area contributed by atoms with Gasteiger partial charge in [0.1, 0.15) is 16.2 Å². The summed E-state index contributed by atoms with van der Waals surface area (Å²) in [5, 5.41) is 13.8. The molecule has 2 rings (SSSR count). The van der Waals surface area contributed by atoms with E-state index in [1.54, 1.807) is 0 Å². The number of hydrogen-bond acceptors (Lipinski definition) is 4. The molecule has 1 aliphatic rings. The lowest BCUT2D eigenvalue weighted by atomic mass is 9.78. The van der Waals surface area contributed by atoms with Crippen molar-refractivity contribution < 1.29 is 5.11 Å². The van der Waals surface area contributed by atoms with Gasteiger partial charge in [0.05, 0.1) is 5.60 Å². The molecule has 1 aromatic heterocycles. The van der Waals surface area contributed by atoms with E-state index in [1.165, 1.54) is 6.42 Å². The van der Waals surface area contributed by atoms with Crippen LogP contribution in [0.15, 0.2) is 10.7 Å². The van der Waals surface area contributed by atoms with Gasteiger partial charge >= 0.3 is 0 Å². The number of aromatic nitrogens is 2. The van der Waals surface area contributed by atoms with Crippen molar-refractivity contribution in [2.75, 3.05) is 11.9 Å². The quantitative estimate of drug-likeness (QED) is 0.833. The zero-order chi connectivity index (χ0) is 13.9. The largest absolute Gasteiger partial charge is 0.388 e. The Balaban J connectivity index is 1.91. The Bertz CT molecular complexity index is 410. The fourth-order valence-electron chi connectivity index (χ4n) is 2.68. The average Bonchev–Trinajstić information content (AvgIpc) is 2.37. The molecule has 19 heavy (non-hydrogen) atoms. The van der Waals surface area contributed by atoms with Crippen molar-refractivity contribution in [2.24, 2.45) is 5.92 Å². The molecule has 0 spiro atoms. The van der Waals surface area contributed by atoms with E-state index >= 15 is 0 Å². The van der Waals surface area contributed by atoms with Crippen LogP contribution in [-0.2, 0) is 0 Å². The van der Waals surface area contributed by atoms with Gasteiger partial charge in [-0.25, -0.2) is 9.97 Å². The van der Waals surface area contributed by atoms with E-state index in [0.717, 1.165) is 47.8 Å². The van der Waals surface area contributed by atoms with Gasteiger partial charge in [-0.3, -0.25) is 0 Å². The van der Waals surface area contributed by atoms with Crippen LogP contribution in [-0.4, -0.2) is 27.2 Å². The maximum atomic E-state index is 10.6. The average molecular weight is 328 g/mol. The number of aryl methyl sites for hydroxylation is 1. The topological polar surface area (TPSA) is 58.0 Å². The van der Waals surface area contributed by atoms with Gasteiger partial charge in [0.15, 0.2) is 0 Å². The van der Waals surface area contributed by atoms with Crippen molar-refractivity contribution in [3.8, 4) is 0 Å². The van der Waals surface area contributed by atoms with Gasteiger partial charge in [-0.2, -0.15) is 0 Å². The summed E-state index contributed by atoms with van der Waals surface area (Å²) in [7, 11) is 0. The predicted octanol–water partition coefficient (Wildman–Crippen LogP) is 3.29. The molecule has 1 aliphatic carbocycles. The van der Waals surface area contributed by atoms with Gasteiger partial charge in [0.2, 0.25) is 0 Å². The van der Waals surface area contributed by atoms with E-state index in [9.17, 15) is 5.11 Å². The van der Waals surface area contributed by atoms with Crippen LogP contribution in [0.2, 0.25) is 0 Å². The second kappa shape index (κ2) is 6.18. The van der Waals surface area contributed by atoms with Crippen LogP contribution in [0.1, 0.15) is 44.9 Å². The third-order valence-corrected chi connectivity index (χ3v) is 4.42. The number of halogens is 1. The lowest BCUT2D eigenvalue weighted by Crippen LogP contribution is -2.40. The van der Waals surface area contributed by atoms with Crippen LogP contribution in [0.3, 0.4) is 0 Å². The highest BCUT2D eigenvalue weighted by Crippen LogP contribution is 2.33. The van der Waals surface area contributed by atoms with Crippen LogP contribution in [0.4, 0.5) is 5.82 Å². The van der Waals surface area contributed by atoms with Crippen LogP contribution in [0, 0.1) is 12.8 Å². The molecule has 0 bridgehead atoms. The van der Waals surface area contributed by atoms with Crippen molar-refractivity contribution in [3.05, 3.63) is 16.5 Å². The summed E-state index contributed by atoms with van der Waals surface area (Å²) in [6, 6.07) is 1.84. The first-order valence-corrected chi connectivity index (χ1v) is 7.77. The van der Waals surface area contributed by atoms with Crippen LogP contribution in [0.5, 0.6) is 0 Å². The van der Waals surface area contributed by atoms with Gasteiger partial charge in [-0.05, 0) is 54.5 Å². The Hall–Kier alpha value is -0.680. The molecule has 0 aliphatic heterocycles. The summed E-state index contributed by atoms with van der Waals surface area (Å²) in [4.78, 5) is 8.49. The number of nitrogens with zero attached hydrogens (tertiary/aromatic N) is 2. The predicted molar refractivity (Wildman–Crippen MR) is 80.2 cm³/mol. The monoisotopic (exact) mass is 327 g/mol. The summed E-state index contributed by atoms with van der Waals surface area (Å²) in [5.41, 5.74) is -0.586. The minimum atomic E-state index is -0.586. The Morgan fingerprint density at radius 1 is 1.42 bits per heavy atom. The van der Waals surface area contributed by atoms with Gasteiger partial charge < -0.3 is 10.4 Å². The molecule has 4 nitrogen and oxygen atoms in total. The summed E-state index contributed by atoms with van der Waals surface area (Å²) in [6.07, 6.45) is 5.23. The van der Waals surface area contributed by atoms with Crippen molar-refractivity contribution in [1.29, 1.82) is 0 Å². The zero-order valence-corrected chi connectivity index (χ0v) is 13.2.